The maximum Gasteiger partial charge on any atom is 0.327 e. The number of hydrogen-bond acceptors (Lipinski definition) is 3. The van der Waals surface area contributed by atoms with Crippen LogP contribution in [0.25, 0.3) is 0 Å². The van der Waals surface area contributed by atoms with Gasteiger partial charge >= 0.3 is 5.97 Å². The van der Waals surface area contributed by atoms with Gasteiger partial charge in [0.15, 0.2) is 0 Å². The molecule has 1 amide bonds. The molecule has 0 aromatic heterocycles. The lowest BCUT2D eigenvalue weighted by Crippen LogP contribution is -2.50. The molecule has 1 N–H and O–H groups in total. The van der Waals surface area contributed by atoms with E-state index in [0.29, 0.717) is 12.3 Å². The summed E-state index contributed by atoms with van der Waals surface area (Å²) in [6, 6.07) is 8.73. The van der Waals surface area contributed by atoms with Crippen LogP contribution in [0.1, 0.15) is 5.56 Å². The molecule has 0 saturated carbocycles. The number of amides is 1. The zero-order valence-electron chi connectivity index (χ0n) is 9.91. The first-order valence-electron chi connectivity index (χ1n) is 5.82. The van der Waals surface area contributed by atoms with Crippen molar-refractivity contribution in [2.24, 2.45) is 0 Å². The van der Waals surface area contributed by atoms with Crippen LogP contribution in [0.4, 0.5) is 0 Å². The molecule has 0 radical (unpaired) electrons. The van der Waals surface area contributed by atoms with Crippen molar-refractivity contribution in [1.29, 1.82) is 0 Å². The standard InChI is InChI=1S/C13H15NO3S/c15-12(8-10-4-2-1-3-5-10)14-6-7-18-9-11(14)13(16)17/h1-5,11H,6-9H2,(H,16,17). The van der Waals surface area contributed by atoms with Crippen LogP contribution in [0.5, 0.6) is 0 Å². The predicted octanol–water partition coefficient (Wildman–Crippen LogP) is 1.26. The maximum absolute atomic E-state index is 12.1. The molecule has 1 saturated heterocycles. The van der Waals surface area contributed by atoms with E-state index in [1.807, 2.05) is 30.3 Å². The van der Waals surface area contributed by atoms with Crippen LogP contribution in [0.15, 0.2) is 30.3 Å². The van der Waals surface area contributed by atoms with Crippen molar-refractivity contribution in [2.75, 3.05) is 18.1 Å². The predicted molar refractivity (Wildman–Crippen MR) is 70.6 cm³/mol. The van der Waals surface area contributed by atoms with Crippen molar-refractivity contribution in [3.8, 4) is 0 Å². The van der Waals surface area contributed by atoms with Crippen molar-refractivity contribution < 1.29 is 14.7 Å². The zero-order valence-corrected chi connectivity index (χ0v) is 10.7. The Bertz CT molecular complexity index is 435. The minimum atomic E-state index is -0.913. The zero-order chi connectivity index (χ0) is 13.0. The van der Waals surface area contributed by atoms with Gasteiger partial charge in [0.25, 0.3) is 0 Å². The molecule has 96 valence electrons. The van der Waals surface area contributed by atoms with Crippen molar-refractivity contribution >= 4 is 23.6 Å². The van der Waals surface area contributed by atoms with Crippen molar-refractivity contribution in [3.05, 3.63) is 35.9 Å². The Morgan fingerprint density at radius 1 is 1.33 bits per heavy atom. The van der Waals surface area contributed by atoms with Crippen LogP contribution >= 0.6 is 11.8 Å². The molecule has 5 heteroatoms. The Morgan fingerprint density at radius 2 is 2.06 bits per heavy atom. The number of thioether (sulfide) groups is 1. The minimum Gasteiger partial charge on any atom is -0.480 e. The Labute approximate surface area is 110 Å². The molecule has 1 aliphatic heterocycles. The van der Waals surface area contributed by atoms with E-state index in [4.69, 9.17) is 5.11 Å². The molecule has 4 nitrogen and oxygen atoms in total. The second-order valence-corrected chi connectivity index (χ2v) is 5.33. The van der Waals surface area contributed by atoms with E-state index in [0.717, 1.165) is 11.3 Å². The summed E-state index contributed by atoms with van der Waals surface area (Å²) in [6.07, 6.45) is 0.273. The van der Waals surface area contributed by atoms with E-state index in [2.05, 4.69) is 0 Å². The van der Waals surface area contributed by atoms with E-state index >= 15 is 0 Å². The van der Waals surface area contributed by atoms with Gasteiger partial charge in [-0.3, -0.25) is 4.79 Å². The van der Waals surface area contributed by atoms with Gasteiger partial charge in [0, 0.05) is 18.1 Å². The minimum absolute atomic E-state index is 0.103. The highest BCUT2D eigenvalue weighted by Gasteiger charge is 2.31. The summed E-state index contributed by atoms with van der Waals surface area (Å²) < 4.78 is 0. The van der Waals surface area contributed by atoms with E-state index < -0.39 is 12.0 Å². The van der Waals surface area contributed by atoms with Crippen LogP contribution < -0.4 is 0 Å². The van der Waals surface area contributed by atoms with E-state index in [1.165, 1.54) is 4.90 Å². The molecule has 1 aromatic rings. The second kappa shape index (κ2) is 5.91. The van der Waals surface area contributed by atoms with Gasteiger partial charge in [-0.2, -0.15) is 11.8 Å². The molecule has 1 aliphatic rings. The Hall–Kier alpha value is -1.49. The third kappa shape index (κ3) is 3.04. The number of benzene rings is 1. The Morgan fingerprint density at radius 3 is 2.72 bits per heavy atom. The first-order chi connectivity index (χ1) is 8.68. The number of nitrogens with zero attached hydrogens (tertiary/aromatic N) is 1. The average molecular weight is 265 g/mol. The van der Waals surface area contributed by atoms with Crippen molar-refractivity contribution in [2.45, 2.75) is 12.5 Å². The third-order valence-corrected chi connectivity index (χ3v) is 3.95. The van der Waals surface area contributed by atoms with Crippen LogP contribution in [0, 0.1) is 0 Å². The number of carbonyl (C=O) groups is 2. The normalized spacial score (nSPS) is 19.6. The highest BCUT2D eigenvalue weighted by molar-refractivity contribution is 7.99. The van der Waals surface area contributed by atoms with Crippen LogP contribution in [-0.2, 0) is 16.0 Å². The molecule has 1 atom stereocenters. The molecule has 1 heterocycles. The first kappa shape index (κ1) is 13.0. The molecular weight excluding hydrogens is 250 g/mol. The average Bonchev–Trinajstić information content (AvgIpc) is 2.40. The number of hydrogen-bond donors (Lipinski definition) is 1. The van der Waals surface area contributed by atoms with Gasteiger partial charge in [0.1, 0.15) is 6.04 Å². The lowest BCUT2D eigenvalue weighted by atomic mass is 10.1. The summed E-state index contributed by atoms with van der Waals surface area (Å²) in [6.45, 7) is 0.521. The quantitative estimate of drug-likeness (QED) is 0.894. The summed E-state index contributed by atoms with van der Waals surface area (Å²) in [5, 5.41) is 9.12. The number of carboxylic acids is 1. The maximum atomic E-state index is 12.1. The smallest absolute Gasteiger partial charge is 0.327 e. The van der Waals surface area contributed by atoms with Gasteiger partial charge in [-0.15, -0.1) is 0 Å². The van der Waals surface area contributed by atoms with Gasteiger partial charge in [-0.1, -0.05) is 30.3 Å². The fourth-order valence-corrected chi connectivity index (χ4v) is 3.02. The fraction of sp³-hybridized carbons (Fsp3) is 0.385. The molecule has 1 aromatic carbocycles. The van der Waals surface area contributed by atoms with Gasteiger partial charge in [0.2, 0.25) is 5.91 Å². The van der Waals surface area contributed by atoms with Gasteiger partial charge in [-0.05, 0) is 5.56 Å². The molecule has 2 rings (SSSR count). The van der Waals surface area contributed by atoms with Crippen LogP contribution in [-0.4, -0.2) is 46.0 Å². The Kier molecular flexibility index (Phi) is 4.25. The molecular formula is C13H15NO3S. The molecule has 0 spiro atoms. The first-order valence-corrected chi connectivity index (χ1v) is 6.98. The highest BCUT2D eigenvalue weighted by atomic mass is 32.2. The summed E-state index contributed by atoms with van der Waals surface area (Å²) in [5.41, 5.74) is 0.921. The highest BCUT2D eigenvalue weighted by Crippen LogP contribution is 2.18. The topological polar surface area (TPSA) is 57.6 Å². The summed E-state index contributed by atoms with van der Waals surface area (Å²) in [7, 11) is 0. The van der Waals surface area contributed by atoms with Crippen LogP contribution in [0.2, 0.25) is 0 Å². The molecule has 1 fully saturated rings. The van der Waals surface area contributed by atoms with Gasteiger partial charge < -0.3 is 10.0 Å². The lowest BCUT2D eigenvalue weighted by Gasteiger charge is -2.32. The third-order valence-electron chi connectivity index (χ3n) is 2.93. The summed E-state index contributed by atoms with van der Waals surface area (Å²) >= 11 is 1.58. The lowest BCUT2D eigenvalue weighted by molar-refractivity contribution is -0.148. The second-order valence-electron chi connectivity index (χ2n) is 4.18. The number of aliphatic carboxylic acids is 1. The SMILES string of the molecule is O=C(O)C1CSCCN1C(=O)Cc1ccccc1. The van der Waals surface area contributed by atoms with Crippen LogP contribution in [0.3, 0.4) is 0 Å². The number of carbonyl (C=O) groups excluding carboxylic acids is 1. The number of carboxylic acid groups (broad SMARTS) is 1. The molecule has 1 unspecified atom stereocenters. The molecule has 18 heavy (non-hydrogen) atoms. The Balaban J connectivity index is 2.05. The van der Waals surface area contributed by atoms with E-state index in [9.17, 15) is 9.59 Å². The molecule has 0 aliphatic carbocycles. The largest absolute Gasteiger partial charge is 0.480 e. The van der Waals surface area contributed by atoms with Gasteiger partial charge in [0.05, 0.1) is 6.42 Å². The van der Waals surface area contributed by atoms with Gasteiger partial charge in [-0.25, -0.2) is 4.79 Å². The van der Waals surface area contributed by atoms with E-state index in [-0.39, 0.29) is 12.3 Å². The fourth-order valence-electron chi connectivity index (χ4n) is 1.98. The summed E-state index contributed by atoms with van der Waals surface area (Å²) in [4.78, 5) is 24.7. The van der Waals surface area contributed by atoms with E-state index in [1.54, 1.807) is 11.8 Å². The molecule has 0 bridgehead atoms. The number of rotatable bonds is 3. The summed E-state index contributed by atoms with van der Waals surface area (Å²) in [5.74, 6) is 0.276. The van der Waals surface area contributed by atoms with Crippen molar-refractivity contribution in [3.63, 3.8) is 0 Å². The van der Waals surface area contributed by atoms with Crippen molar-refractivity contribution in [1.82, 2.24) is 4.90 Å². The monoisotopic (exact) mass is 265 g/mol.